The van der Waals surface area contributed by atoms with E-state index in [1.165, 1.54) is 0 Å². The second-order valence-electron chi connectivity index (χ2n) is 7.45. The Balaban J connectivity index is 1.72. The summed E-state index contributed by atoms with van der Waals surface area (Å²) in [7, 11) is 2.06. The van der Waals surface area contributed by atoms with Crippen LogP contribution >= 0.6 is 11.6 Å². The third-order valence-electron chi connectivity index (χ3n) is 5.67. The zero-order valence-electron chi connectivity index (χ0n) is 15.0. The molecule has 0 bridgehead atoms. The van der Waals surface area contributed by atoms with Gasteiger partial charge in [-0.25, -0.2) is 0 Å². The van der Waals surface area contributed by atoms with Crippen molar-refractivity contribution < 1.29 is 14.7 Å². The second-order valence-corrected chi connectivity index (χ2v) is 7.89. The van der Waals surface area contributed by atoms with E-state index >= 15 is 0 Å². The maximum atomic E-state index is 13.0. The van der Waals surface area contributed by atoms with Crippen molar-refractivity contribution in [1.82, 2.24) is 10.2 Å². The van der Waals surface area contributed by atoms with Gasteiger partial charge >= 0.3 is 5.97 Å². The van der Waals surface area contributed by atoms with Crippen molar-refractivity contribution >= 4 is 31.3 Å². The molecule has 0 spiro atoms. The quantitative estimate of drug-likeness (QED) is 0.647. The molecule has 0 saturated carbocycles. The van der Waals surface area contributed by atoms with Gasteiger partial charge in [-0.3, -0.25) is 9.59 Å². The summed E-state index contributed by atoms with van der Waals surface area (Å²) in [6, 6.07) is 5.35. The molecule has 140 valence electrons. The lowest BCUT2D eigenvalue weighted by molar-refractivity contribution is -0.144. The highest BCUT2D eigenvalue weighted by Crippen LogP contribution is 2.31. The summed E-state index contributed by atoms with van der Waals surface area (Å²) >= 11 is 6.03. The number of carboxylic acids is 1. The SMILES string of the molecule is BCCC[C@H]1CN(C(=O)C2Cc3ccc(Cl)cc3CN2)C[C@@]1(N)C(=O)O. The molecule has 6 nitrogen and oxygen atoms in total. The van der Waals surface area contributed by atoms with Gasteiger partial charge in [-0.1, -0.05) is 30.4 Å². The first kappa shape index (κ1) is 19.2. The predicted octanol–water partition coefficient (Wildman–Crippen LogP) is 0.426. The average Bonchev–Trinajstić information content (AvgIpc) is 2.97. The highest BCUT2D eigenvalue weighted by Gasteiger charge is 2.51. The molecule has 1 aromatic rings. The van der Waals surface area contributed by atoms with Crippen molar-refractivity contribution in [2.45, 2.75) is 43.7 Å². The van der Waals surface area contributed by atoms with Gasteiger partial charge in [0.2, 0.25) is 5.91 Å². The van der Waals surface area contributed by atoms with Crippen LogP contribution in [0.15, 0.2) is 18.2 Å². The van der Waals surface area contributed by atoms with Gasteiger partial charge in [0.25, 0.3) is 0 Å². The number of aliphatic carboxylic acids is 1. The van der Waals surface area contributed by atoms with E-state index in [1.54, 1.807) is 4.90 Å². The number of carboxylic acid groups (broad SMARTS) is 1. The monoisotopic (exact) mass is 377 g/mol. The van der Waals surface area contributed by atoms with Crippen molar-refractivity contribution in [2.75, 3.05) is 13.1 Å². The van der Waals surface area contributed by atoms with E-state index in [1.807, 2.05) is 18.2 Å². The van der Waals surface area contributed by atoms with E-state index in [4.69, 9.17) is 17.3 Å². The Morgan fingerprint density at radius 3 is 2.88 bits per heavy atom. The fourth-order valence-corrected chi connectivity index (χ4v) is 4.22. The van der Waals surface area contributed by atoms with Gasteiger partial charge in [-0.05, 0) is 36.1 Å². The fourth-order valence-electron chi connectivity index (χ4n) is 4.03. The van der Waals surface area contributed by atoms with Crippen molar-refractivity contribution in [3.8, 4) is 0 Å². The second kappa shape index (κ2) is 7.58. The molecule has 0 aromatic heterocycles. The lowest BCUT2D eigenvalue weighted by Gasteiger charge is -2.29. The van der Waals surface area contributed by atoms with Crippen LogP contribution in [0, 0.1) is 5.92 Å². The Bertz CT molecular complexity index is 717. The third-order valence-corrected chi connectivity index (χ3v) is 5.90. The zero-order chi connectivity index (χ0) is 18.9. The van der Waals surface area contributed by atoms with Crippen LogP contribution in [0.3, 0.4) is 0 Å². The molecule has 8 heteroatoms. The number of carbonyl (C=O) groups is 2. The average molecular weight is 378 g/mol. The molecule has 26 heavy (non-hydrogen) atoms. The molecular weight excluding hydrogens is 352 g/mol. The van der Waals surface area contributed by atoms with Gasteiger partial charge < -0.3 is 21.1 Å². The van der Waals surface area contributed by atoms with Crippen molar-refractivity contribution in [2.24, 2.45) is 11.7 Å². The summed E-state index contributed by atoms with van der Waals surface area (Å²) in [5.41, 5.74) is 7.05. The smallest absolute Gasteiger partial charge is 0.325 e. The Kier molecular flexibility index (Phi) is 5.60. The molecule has 0 radical (unpaired) electrons. The number of amides is 1. The Labute approximate surface area is 159 Å². The molecule has 1 unspecified atom stereocenters. The van der Waals surface area contributed by atoms with Crippen LogP contribution in [0.25, 0.3) is 0 Å². The topological polar surface area (TPSA) is 95.7 Å². The minimum atomic E-state index is -1.36. The molecule has 0 aliphatic carbocycles. The minimum absolute atomic E-state index is 0.0688. The number of rotatable bonds is 5. The highest BCUT2D eigenvalue weighted by molar-refractivity contribution is 6.30. The molecular formula is C18H25BClN3O3. The van der Waals surface area contributed by atoms with Crippen molar-refractivity contribution in [3.63, 3.8) is 0 Å². The van der Waals surface area contributed by atoms with E-state index in [2.05, 4.69) is 13.2 Å². The molecule has 1 amide bonds. The molecule has 3 rings (SSSR count). The molecule has 2 aliphatic rings. The molecule has 1 fully saturated rings. The van der Waals surface area contributed by atoms with Crippen LogP contribution in [0.2, 0.25) is 11.3 Å². The zero-order valence-corrected chi connectivity index (χ0v) is 15.8. The lowest BCUT2D eigenvalue weighted by Crippen LogP contribution is -2.56. The Hall–Kier alpha value is -1.57. The number of hydrogen-bond donors (Lipinski definition) is 3. The standard InChI is InChI=1S/C18H25BClN3O3/c19-5-1-2-13-9-23(10-18(13,21)17(25)26)16(24)15-7-11-3-4-14(20)6-12(11)8-22-15/h3-4,6,13,15,22H,1-2,5,7-10,19,21H2,(H,25,26)/t13-,15?,18-/m0/s1. The molecule has 4 N–H and O–H groups in total. The number of halogens is 1. The number of fused-ring (bicyclic) bond motifs is 1. The van der Waals surface area contributed by atoms with Gasteiger partial charge in [-0.2, -0.15) is 0 Å². The maximum absolute atomic E-state index is 13.0. The minimum Gasteiger partial charge on any atom is -0.480 e. The molecule has 1 saturated heterocycles. The number of nitrogens with zero attached hydrogens (tertiary/aromatic N) is 1. The van der Waals surface area contributed by atoms with E-state index in [0.717, 1.165) is 30.3 Å². The first-order chi connectivity index (χ1) is 12.3. The molecule has 3 atom stereocenters. The van der Waals surface area contributed by atoms with Crippen molar-refractivity contribution in [1.29, 1.82) is 0 Å². The normalized spacial score (nSPS) is 28.0. The number of benzene rings is 1. The van der Waals surface area contributed by atoms with Gasteiger partial charge in [0.1, 0.15) is 13.4 Å². The van der Waals surface area contributed by atoms with E-state index in [0.29, 0.717) is 24.5 Å². The van der Waals surface area contributed by atoms with E-state index in [-0.39, 0.29) is 24.4 Å². The van der Waals surface area contributed by atoms with Crippen LogP contribution < -0.4 is 11.1 Å². The van der Waals surface area contributed by atoms with Gasteiger partial charge in [0.15, 0.2) is 0 Å². The van der Waals surface area contributed by atoms with E-state index < -0.39 is 11.5 Å². The van der Waals surface area contributed by atoms with Crippen LogP contribution in [-0.2, 0) is 22.6 Å². The summed E-state index contributed by atoms with van der Waals surface area (Å²) in [6.07, 6.45) is 3.19. The van der Waals surface area contributed by atoms with Gasteiger partial charge in [0.05, 0.1) is 6.04 Å². The van der Waals surface area contributed by atoms with E-state index in [9.17, 15) is 14.7 Å². The Morgan fingerprint density at radius 1 is 1.42 bits per heavy atom. The molecule has 2 heterocycles. The van der Waals surface area contributed by atoms with Crippen molar-refractivity contribution in [3.05, 3.63) is 34.3 Å². The van der Waals surface area contributed by atoms with Crippen LogP contribution in [0.5, 0.6) is 0 Å². The number of carbonyl (C=O) groups excluding carboxylic acids is 1. The van der Waals surface area contributed by atoms with Crippen LogP contribution in [0.4, 0.5) is 0 Å². The third kappa shape index (κ3) is 3.61. The van der Waals surface area contributed by atoms with Gasteiger partial charge in [-0.15, -0.1) is 0 Å². The number of likely N-dealkylation sites (tertiary alicyclic amines) is 1. The summed E-state index contributed by atoms with van der Waals surface area (Å²) < 4.78 is 0. The summed E-state index contributed by atoms with van der Waals surface area (Å²) in [6.45, 7) is 1.06. The fraction of sp³-hybridized carbons (Fsp3) is 0.556. The predicted molar refractivity (Wildman–Crippen MR) is 103 cm³/mol. The Morgan fingerprint density at radius 2 is 2.19 bits per heavy atom. The molecule has 1 aromatic carbocycles. The largest absolute Gasteiger partial charge is 0.480 e. The summed E-state index contributed by atoms with van der Waals surface area (Å²) in [5, 5.41) is 13.6. The molecule has 2 aliphatic heterocycles. The maximum Gasteiger partial charge on any atom is 0.325 e. The first-order valence-corrected chi connectivity index (χ1v) is 9.54. The highest BCUT2D eigenvalue weighted by atomic mass is 35.5. The number of nitrogens with two attached hydrogens (primary N) is 1. The summed E-state index contributed by atoms with van der Waals surface area (Å²) in [5.74, 6) is -1.30. The van der Waals surface area contributed by atoms with Crippen LogP contribution in [-0.4, -0.2) is 54.4 Å². The lowest BCUT2D eigenvalue weighted by atomic mass is 9.83. The number of hydrogen-bond acceptors (Lipinski definition) is 4. The number of nitrogens with one attached hydrogen (secondary N) is 1. The van der Waals surface area contributed by atoms with Gasteiger partial charge in [0, 0.05) is 30.6 Å². The van der Waals surface area contributed by atoms with Crippen LogP contribution in [0.1, 0.15) is 24.0 Å². The first-order valence-electron chi connectivity index (χ1n) is 9.17. The summed E-state index contributed by atoms with van der Waals surface area (Å²) in [4.78, 5) is 26.4.